The number of aliphatic hydroxyl groups is 1. The van der Waals surface area contributed by atoms with E-state index in [2.05, 4.69) is 0 Å². The average Bonchev–Trinajstić information content (AvgIpc) is 2.33. The van der Waals surface area contributed by atoms with E-state index in [1.54, 1.807) is 6.92 Å². The zero-order valence-electron chi connectivity index (χ0n) is 11.6. The van der Waals surface area contributed by atoms with E-state index in [1.165, 1.54) is 19.9 Å². The highest BCUT2D eigenvalue weighted by Crippen LogP contribution is 2.25. The Morgan fingerprint density at radius 2 is 1.85 bits per heavy atom. The normalized spacial score (nSPS) is 25.4. The molecule has 0 fully saturated rings. The van der Waals surface area contributed by atoms with Gasteiger partial charge in [0.25, 0.3) is 0 Å². The number of hydrogen-bond donors (Lipinski definition) is 1. The van der Waals surface area contributed by atoms with Crippen LogP contribution in [0.25, 0.3) is 0 Å². The number of hydrogen-bond acceptors (Lipinski definition) is 7. The standard InChI is InChI=1S/C13H18O7/c1-4-18-13(17)9-5-10(19-7(2)14)12(16)11(6-9)20-8(3)15/h5,10-12,16H,4,6H2,1-3H3/t10-,11-,12+/m1/s1. The predicted octanol–water partition coefficient (Wildman–Crippen LogP) is 0.104. The molecule has 0 aliphatic heterocycles. The van der Waals surface area contributed by atoms with E-state index in [1.807, 2.05) is 0 Å². The van der Waals surface area contributed by atoms with E-state index in [0.717, 1.165) is 0 Å². The fourth-order valence-corrected chi connectivity index (χ4v) is 1.91. The van der Waals surface area contributed by atoms with Crippen LogP contribution in [0, 0.1) is 0 Å². The zero-order valence-corrected chi connectivity index (χ0v) is 11.6. The van der Waals surface area contributed by atoms with Crippen molar-refractivity contribution in [3.8, 4) is 0 Å². The van der Waals surface area contributed by atoms with Gasteiger partial charge in [-0.2, -0.15) is 0 Å². The van der Waals surface area contributed by atoms with Crippen LogP contribution < -0.4 is 0 Å². The van der Waals surface area contributed by atoms with Gasteiger partial charge in [-0.15, -0.1) is 0 Å². The van der Waals surface area contributed by atoms with Gasteiger partial charge in [-0.3, -0.25) is 9.59 Å². The molecule has 3 atom stereocenters. The highest BCUT2D eigenvalue weighted by atomic mass is 16.6. The summed E-state index contributed by atoms with van der Waals surface area (Å²) in [4.78, 5) is 33.7. The van der Waals surface area contributed by atoms with Crippen LogP contribution in [-0.2, 0) is 28.6 Å². The second-order valence-electron chi connectivity index (χ2n) is 4.33. The van der Waals surface area contributed by atoms with E-state index in [-0.39, 0.29) is 18.6 Å². The molecule has 0 aromatic carbocycles. The first kappa shape index (κ1) is 16.2. The number of esters is 3. The van der Waals surface area contributed by atoms with Gasteiger partial charge in [-0.05, 0) is 13.0 Å². The van der Waals surface area contributed by atoms with Crippen molar-refractivity contribution in [3.05, 3.63) is 11.6 Å². The fourth-order valence-electron chi connectivity index (χ4n) is 1.91. The van der Waals surface area contributed by atoms with Crippen LogP contribution in [0.1, 0.15) is 27.2 Å². The first-order valence-corrected chi connectivity index (χ1v) is 6.25. The van der Waals surface area contributed by atoms with Gasteiger partial charge in [0, 0.05) is 25.8 Å². The monoisotopic (exact) mass is 286 g/mol. The lowest BCUT2D eigenvalue weighted by molar-refractivity contribution is -0.166. The van der Waals surface area contributed by atoms with Crippen LogP contribution in [0.5, 0.6) is 0 Å². The van der Waals surface area contributed by atoms with Crippen molar-refractivity contribution in [2.24, 2.45) is 0 Å². The molecule has 112 valence electrons. The predicted molar refractivity (Wildman–Crippen MR) is 66.4 cm³/mol. The first-order valence-electron chi connectivity index (χ1n) is 6.25. The Balaban J connectivity index is 2.95. The smallest absolute Gasteiger partial charge is 0.333 e. The van der Waals surface area contributed by atoms with Crippen LogP contribution in [0.4, 0.5) is 0 Å². The van der Waals surface area contributed by atoms with Crippen LogP contribution >= 0.6 is 0 Å². The van der Waals surface area contributed by atoms with E-state index in [4.69, 9.17) is 14.2 Å². The number of aliphatic hydroxyl groups excluding tert-OH is 1. The summed E-state index contributed by atoms with van der Waals surface area (Å²) in [5.41, 5.74) is 0.203. The molecule has 0 saturated heterocycles. The SMILES string of the molecule is CCOC(=O)C1=C[C@@H](OC(C)=O)[C@H](O)[C@H](OC(C)=O)C1. The Labute approximate surface area is 116 Å². The second kappa shape index (κ2) is 7.04. The summed E-state index contributed by atoms with van der Waals surface area (Å²) in [7, 11) is 0. The quantitative estimate of drug-likeness (QED) is 0.578. The molecule has 0 unspecified atom stereocenters. The Bertz CT molecular complexity index is 426. The third kappa shape index (κ3) is 4.34. The minimum Gasteiger partial charge on any atom is -0.463 e. The summed E-state index contributed by atoms with van der Waals surface area (Å²) in [6.45, 7) is 4.22. The van der Waals surface area contributed by atoms with Gasteiger partial charge < -0.3 is 19.3 Å². The molecule has 1 rings (SSSR count). The molecule has 0 bridgehead atoms. The summed E-state index contributed by atoms with van der Waals surface area (Å²) in [5.74, 6) is -1.80. The summed E-state index contributed by atoms with van der Waals surface area (Å²) in [6.07, 6.45) is -1.89. The number of ether oxygens (including phenoxy) is 3. The molecule has 0 amide bonds. The summed E-state index contributed by atoms with van der Waals surface area (Å²) >= 11 is 0. The molecule has 20 heavy (non-hydrogen) atoms. The van der Waals surface area contributed by atoms with Crippen molar-refractivity contribution in [2.45, 2.75) is 45.5 Å². The highest BCUT2D eigenvalue weighted by Gasteiger charge is 2.38. The van der Waals surface area contributed by atoms with E-state index >= 15 is 0 Å². The van der Waals surface area contributed by atoms with Gasteiger partial charge in [-0.1, -0.05) is 0 Å². The van der Waals surface area contributed by atoms with Crippen LogP contribution in [0.3, 0.4) is 0 Å². The minimum absolute atomic E-state index is 0.0113. The molecule has 0 saturated carbocycles. The number of rotatable bonds is 4. The van der Waals surface area contributed by atoms with Gasteiger partial charge >= 0.3 is 17.9 Å². The summed E-state index contributed by atoms with van der Waals surface area (Å²) < 4.78 is 14.7. The van der Waals surface area contributed by atoms with Crippen LogP contribution in [0.2, 0.25) is 0 Å². The Morgan fingerprint density at radius 1 is 1.25 bits per heavy atom. The Morgan fingerprint density at radius 3 is 2.35 bits per heavy atom. The number of carbonyl (C=O) groups excluding carboxylic acids is 3. The molecular formula is C13H18O7. The number of carbonyl (C=O) groups is 3. The van der Waals surface area contributed by atoms with Crippen molar-refractivity contribution >= 4 is 17.9 Å². The summed E-state index contributed by atoms with van der Waals surface area (Å²) in [5, 5.41) is 10.0. The minimum atomic E-state index is -1.22. The maximum absolute atomic E-state index is 11.7. The first-order chi connectivity index (χ1) is 9.35. The third-order valence-electron chi connectivity index (χ3n) is 2.66. The van der Waals surface area contributed by atoms with Crippen molar-refractivity contribution in [2.75, 3.05) is 6.61 Å². The molecule has 1 aliphatic carbocycles. The molecule has 7 nitrogen and oxygen atoms in total. The maximum Gasteiger partial charge on any atom is 0.333 e. The maximum atomic E-state index is 11.7. The third-order valence-corrected chi connectivity index (χ3v) is 2.66. The van der Waals surface area contributed by atoms with Crippen molar-refractivity contribution < 1.29 is 33.7 Å². The topological polar surface area (TPSA) is 99.1 Å². The molecule has 0 spiro atoms. The fraction of sp³-hybridized carbons (Fsp3) is 0.615. The molecule has 7 heteroatoms. The lowest BCUT2D eigenvalue weighted by Crippen LogP contribution is -2.45. The molecular weight excluding hydrogens is 268 g/mol. The van der Waals surface area contributed by atoms with E-state index in [9.17, 15) is 19.5 Å². The molecule has 0 heterocycles. The molecule has 0 radical (unpaired) electrons. The lowest BCUT2D eigenvalue weighted by atomic mass is 9.92. The van der Waals surface area contributed by atoms with Crippen molar-refractivity contribution in [1.82, 2.24) is 0 Å². The van der Waals surface area contributed by atoms with Crippen LogP contribution in [0.15, 0.2) is 11.6 Å². The summed E-state index contributed by atoms with van der Waals surface area (Å²) in [6, 6.07) is 0. The van der Waals surface area contributed by atoms with Gasteiger partial charge in [0.05, 0.1) is 6.61 Å². The Kier molecular flexibility index (Phi) is 5.69. The molecule has 0 aromatic heterocycles. The average molecular weight is 286 g/mol. The van der Waals surface area contributed by atoms with Gasteiger partial charge in [0.15, 0.2) is 6.10 Å². The van der Waals surface area contributed by atoms with Crippen LogP contribution in [-0.4, -0.2) is 47.9 Å². The van der Waals surface area contributed by atoms with E-state index in [0.29, 0.717) is 0 Å². The second-order valence-corrected chi connectivity index (χ2v) is 4.33. The lowest BCUT2D eigenvalue weighted by Gasteiger charge is -2.31. The van der Waals surface area contributed by atoms with Gasteiger partial charge in [-0.25, -0.2) is 4.79 Å². The highest BCUT2D eigenvalue weighted by molar-refractivity contribution is 5.89. The molecule has 0 aromatic rings. The van der Waals surface area contributed by atoms with Crippen molar-refractivity contribution in [3.63, 3.8) is 0 Å². The zero-order chi connectivity index (χ0) is 15.3. The Hall–Kier alpha value is -1.89. The van der Waals surface area contributed by atoms with Gasteiger partial charge in [0.1, 0.15) is 12.2 Å². The van der Waals surface area contributed by atoms with Crippen molar-refractivity contribution in [1.29, 1.82) is 0 Å². The molecule has 1 aliphatic rings. The van der Waals surface area contributed by atoms with E-state index < -0.39 is 36.2 Å². The van der Waals surface area contributed by atoms with Gasteiger partial charge in [0.2, 0.25) is 0 Å². The largest absolute Gasteiger partial charge is 0.463 e. The molecule has 1 N–H and O–H groups in total.